The van der Waals surface area contributed by atoms with Gasteiger partial charge in [-0.15, -0.1) is 0 Å². The molecule has 0 heterocycles. The van der Waals surface area contributed by atoms with E-state index in [1.165, 1.54) is 6.08 Å². The monoisotopic (exact) mass is 222 g/mol. The smallest absolute Gasteiger partial charge is 0.241 e. The van der Waals surface area contributed by atoms with Gasteiger partial charge in [0, 0.05) is 20.2 Å². The first-order chi connectivity index (χ1) is 7.56. The molecular weight excluding hydrogens is 204 g/mol. The molecule has 0 spiro atoms. The SMILES string of the molecule is CON(C)C.NC(=O)/C=C/c1ccccc1. The van der Waals surface area contributed by atoms with Crippen LogP contribution < -0.4 is 5.73 Å². The minimum Gasteiger partial charge on any atom is -0.366 e. The predicted molar refractivity (Wildman–Crippen MR) is 65.4 cm³/mol. The molecule has 0 saturated carbocycles. The minimum absolute atomic E-state index is 0.422. The Balaban J connectivity index is 0.000000385. The zero-order valence-electron chi connectivity index (χ0n) is 9.88. The molecule has 0 aliphatic rings. The highest BCUT2D eigenvalue weighted by Crippen LogP contribution is 1.99. The van der Waals surface area contributed by atoms with Crippen molar-refractivity contribution >= 4 is 12.0 Å². The number of nitrogens with two attached hydrogens (primary N) is 1. The van der Waals surface area contributed by atoms with Crippen molar-refractivity contribution in [3.05, 3.63) is 42.0 Å². The summed E-state index contributed by atoms with van der Waals surface area (Å²) in [4.78, 5) is 14.9. The highest BCUT2D eigenvalue weighted by atomic mass is 16.7. The fraction of sp³-hybridized carbons (Fsp3) is 0.250. The fourth-order valence-electron chi connectivity index (χ4n) is 0.743. The van der Waals surface area contributed by atoms with Crippen molar-refractivity contribution in [2.24, 2.45) is 5.73 Å². The van der Waals surface area contributed by atoms with E-state index in [4.69, 9.17) is 5.73 Å². The molecule has 2 N–H and O–H groups in total. The van der Waals surface area contributed by atoms with E-state index in [2.05, 4.69) is 4.84 Å². The molecule has 88 valence electrons. The second-order valence-corrected chi connectivity index (χ2v) is 3.14. The molecule has 0 aliphatic carbocycles. The maximum Gasteiger partial charge on any atom is 0.241 e. The molecule has 0 aliphatic heterocycles. The lowest BCUT2D eigenvalue weighted by molar-refractivity contribution is -0.113. The molecule has 0 bridgehead atoms. The Hall–Kier alpha value is -1.65. The van der Waals surface area contributed by atoms with Gasteiger partial charge in [0.05, 0.1) is 7.11 Å². The molecule has 0 fully saturated rings. The van der Waals surface area contributed by atoms with Gasteiger partial charge in [-0.05, 0) is 11.6 Å². The summed E-state index contributed by atoms with van der Waals surface area (Å²) in [6, 6.07) is 9.53. The molecule has 0 saturated heterocycles. The summed E-state index contributed by atoms with van der Waals surface area (Å²) in [6.45, 7) is 0. The van der Waals surface area contributed by atoms with E-state index in [1.54, 1.807) is 18.2 Å². The number of hydrogen-bond donors (Lipinski definition) is 1. The maximum absolute atomic E-state index is 10.3. The molecule has 0 unspecified atom stereocenters. The van der Waals surface area contributed by atoms with E-state index in [9.17, 15) is 4.79 Å². The summed E-state index contributed by atoms with van der Waals surface area (Å²) in [5, 5.41) is 1.62. The van der Waals surface area contributed by atoms with Crippen molar-refractivity contribution in [2.75, 3.05) is 21.2 Å². The van der Waals surface area contributed by atoms with E-state index in [1.807, 2.05) is 44.4 Å². The fourth-order valence-corrected chi connectivity index (χ4v) is 0.743. The number of rotatable bonds is 3. The van der Waals surface area contributed by atoms with Gasteiger partial charge >= 0.3 is 0 Å². The van der Waals surface area contributed by atoms with Crippen LogP contribution in [0.15, 0.2) is 36.4 Å². The zero-order chi connectivity index (χ0) is 12.4. The van der Waals surface area contributed by atoms with Crippen LogP contribution in [0.2, 0.25) is 0 Å². The van der Waals surface area contributed by atoms with Gasteiger partial charge in [0.1, 0.15) is 0 Å². The molecule has 1 aromatic carbocycles. The van der Waals surface area contributed by atoms with Crippen LogP contribution in [0.3, 0.4) is 0 Å². The third-order valence-electron chi connectivity index (χ3n) is 1.60. The third kappa shape index (κ3) is 8.93. The number of benzene rings is 1. The number of hydrogen-bond acceptors (Lipinski definition) is 3. The largest absolute Gasteiger partial charge is 0.366 e. The van der Waals surface area contributed by atoms with Gasteiger partial charge in [0.2, 0.25) is 5.91 Å². The van der Waals surface area contributed by atoms with Crippen molar-refractivity contribution in [1.29, 1.82) is 0 Å². The average Bonchev–Trinajstić information content (AvgIpc) is 2.28. The first-order valence-electron chi connectivity index (χ1n) is 4.80. The van der Waals surface area contributed by atoms with Gasteiger partial charge in [-0.1, -0.05) is 30.3 Å². The summed E-state index contributed by atoms with van der Waals surface area (Å²) < 4.78 is 0. The van der Waals surface area contributed by atoms with E-state index in [0.29, 0.717) is 0 Å². The van der Waals surface area contributed by atoms with Crippen LogP contribution in [0.25, 0.3) is 6.08 Å². The Labute approximate surface area is 96.3 Å². The molecule has 0 atom stereocenters. The number of amides is 1. The molecule has 4 heteroatoms. The lowest BCUT2D eigenvalue weighted by atomic mass is 10.2. The van der Waals surface area contributed by atoms with Gasteiger partial charge in [0.25, 0.3) is 0 Å². The van der Waals surface area contributed by atoms with Crippen molar-refractivity contribution in [2.45, 2.75) is 0 Å². The first-order valence-corrected chi connectivity index (χ1v) is 4.80. The average molecular weight is 222 g/mol. The van der Waals surface area contributed by atoms with Crippen LogP contribution in [-0.2, 0) is 9.63 Å². The van der Waals surface area contributed by atoms with E-state index >= 15 is 0 Å². The molecular formula is C12H18N2O2. The Morgan fingerprint density at radius 2 is 1.81 bits per heavy atom. The van der Waals surface area contributed by atoms with Crippen molar-refractivity contribution < 1.29 is 9.63 Å². The molecule has 1 aromatic rings. The van der Waals surface area contributed by atoms with Crippen molar-refractivity contribution in [3.8, 4) is 0 Å². The quantitative estimate of drug-likeness (QED) is 0.619. The molecule has 0 aromatic heterocycles. The highest BCUT2D eigenvalue weighted by molar-refractivity contribution is 5.90. The highest BCUT2D eigenvalue weighted by Gasteiger charge is 1.84. The predicted octanol–water partition coefficient (Wildman–Crippen LogP) is 1.29. The maximum atomic E-state index is 10.3. The van der Waals surface area contributed by atoms with Crippen molar-refractivity contribution in [3.63, 3.8) is 0 Å². The molecule has 0 radical (unpaired) electrons. The van der Waals surface area contributed by atoms with Crippen molar-refractivity contribution in [1.82, 2.24) is 5.06 Å². The molecule has 4 nitrogen and oxygen atoms in total. The van der Waals surface area contributed by atoms with E-state index in [0.717, 1.165) is 5.56 Å². The summed E-state index contributed by atoms with van der Waals surface area (Å²) in [6.07, 6.45) is 3.03. The van der Waals surface area contributed by atoms with Gasteiger partial charge < -0.3 is 10.6 Å². The minimum atomic E-state index is -0.422. The summed E-state index contributed by atoms with van der Waals surface area (Å²) in [7, 11) is 5.29. The van der Waals surface area contributed by atoms with Gasteiger partial charge in [-0.2, -0.15) is 5.06 Å². The molecule has 1 rings (SSSR count). The van der Waals surface area contributed by atoms with Crippen LogP contribution in [0.1, 0.15) is 5.56 Å². The molecule has 16 heavy (non-hydrogen) atoms. The Bertz CT molecular complexity index is 321. The Morgan fingerprint density at radius 1 is 1.31 bits per heavy atom. The Kier molecular flexibility index (Phi) is 7.75. The van der Waals surface area contributed by atoms with E-state index in [-0.39, 0.29) is 0 Å². The third-order valence-corrected chi connectivity index (χ3v) is 1.60. The lowest BCUT2D eigenvalue weighted by Gasteiger charge is -2.01. The first kappa shape index (κ1) is 14.4. The van der Waals surface area contributed by atoms with Crippen LogP contribution >= 0.6 is 0 Å². The summed E-state index contributed by atoms with van der Waals surface area (Å²) >= 11 is 0. The topological polar surface area (TPSA) is 55.6 Å². The Morgan fingerprint density at radius 3 is 2.19 bits per heavy atom. The normalized spacial score (nSPS) is 10.0. The number of carbonyl (C=O) groups excluding carboxylic acids is 1. The zero-order valence-corrected chi connectivity index (χ0v) is 9.88. The molecule has 1 amide bonds. The van der Waals surface area contributed by atoms with Gasteiger partial charge in [-0.3, -0.25) is 4.79 Å². The number of primary amides is 1. The van der Waals surface area contributed by atoms with Crippen LogP contribution in [0.4, 0.5) is 0 Å². The van der Waals surface area contributed by atoms with Gasteiger partial charge in [0.15, 0.2) is 0 Å². The lowest BCUT2D eigenvalue weighted by Crippen LogP contribution is -2.07. The van der Waals surface area contributed by atoms with E-state index < -0.39 is 5.91 Å². The van der Waals surface area contributed by atoms with Gasteiger partial charge in [-0.25, -0.2) is 0 Å². The van der Waals surface area contributed by atoms with Crippen LogP contribution in [-0.4, -0.2) is 32.2 Å². The summed E-state index contributed by atoms with van der Waals surface area (Å²) in [5.41, 5.74) is 5.89. The van der Waals surface area contributed by atoms with Crippen LogP contribution in [0.5, 0.6) is 0 Å². The number of carbonyl (C=O) groups is 1. The summed E-state index contributed by atoms with van der Waals surface area (Å²) in [5.74, 6) is -0.422. The number of hydroxylamine groups is 2. The van der Waals surface area contributed by atoms with Crippen LogP contribution in [0, 0.1) is 0 Å². The number of nitrogens with zero attached hydrogens (tertiary/aromatic N) is 1. The second kappa shape index (κ2) is 8.64. The standard InChI is InChI=1S/C9H9NO.C3H9NO/c10-9(11)7-6-8-4-2-1-3-5-8;1-4(2)5-3/h1-7H,(H2,10,11);1-3H3/b7-6+;. The second-order valence-electron chi connectivity index (χ2n) is 3.14.